The molecule has 6 nitrogen and oxygen atoms in total. The molecule has 6 heteroatoms. The van der Waals surface area contributed by atoms with Crippen LogP contribution in [0.1, 0.15) is 44.4 Å². The first-order chi connectivity index (χ1) is 10.1. The van der Waals surface area contributed by atoms with Crippen molar-refractivity contribution in [1.29, 1.82) is 0 Å². The molecule has 0 radical (unpaired) electrons. The van der Waals surface area contributed by atoms with Crippen LogP contribution >= 0.6 is 0 Å². The molecule has 3 aromatic heterocycles. The van der Waals surface area contributed by atoms with E-state index in [1.807, 2.05) is 16.8 Å². The van der Waals surface area contributed by atoms with Crippen molar-refractivity contribution < 1.29 is 4.52 Å². The van der Waals surface area contributed by atoms with Crippen LogP contribution in [0, 0.1) is 0 Å². The summed E-state index contributed by atoms with van der Waals surface area (Å²) in [6.45, 7) is 4.18. The molecular weight excluding hydrogens is 266 g/mol. The number of nitrogen functional groups attached to an aromatic ring is 1. The van der Waals surface area contributed by atoms with E-state index in [9.17, 15) is 0 Å². The zero-order valence-corrected chi connectivity index (χ0v) is 12.1. The summed E-state index contributed by atoms with van der Waals surface area (Å²) in [7, 11) is 0. The minimum Gasteiger partial charge on any atom is -0.383 e. The number of hydrogen-bond donors (Lipinski definition) is 1. The quantitative estimate of drug-likeness (QED) is 0.798. The number of anilines is 1. The Hall–Kier alpha value is -2.37. The predicted octanol–water partition coefficient (Wildman–Crippen LogP) is 3.13. The van der Waals surface area contributed by atoms with Gasteiger partial charge < -0.3 is 10.3 Å². The molecule has 0 bridgehead atoms. The van der Waals surface area contributed by atoms with Crippen molar-refractivity contribution in [3.63, 3.8) is 0 Å². The number of nitrogens with two attached hydrogens (primary N) is 1. The number of fused-ring (bicyclic) bond motifs is 1. The largest absolute Gasteiger partial charge is 0.383 e. The van der Waals surface area contributed by atoms with E-state index in [2.05, 4.69) is 29.1 Å². The molecule has 0 aliphatic heterocycles. The van der Waals surface area contributed by atoms with Crippen LogP contribution in [0.4, 0.5) is 5.82 Å². The molecule has 0 saturated heterocycles. The third-order valence-electron chi connectivity index (χ3n) is 3.89. The van der Waals surface area contributed by atoms with Gasteiger partial charge in [-0.3, -0.25) is 4.68 Å². The van der Waals surface area contributed by atoms with Crippen molar-refractivity contribution >= 4 is 16.7 Å². The summed E-state index contributed by atoms with van der Waals surface area (Å²) in [5.41, 5.74) is 8.53. The van der Waals surface area contributed by atoms with Gasteiger partial charge in [0.15, 0.2) is 0 Å². The summed E-state index contributed by atoms with van der Waals surface area (Å²) in [6, 6.07) is 4.15. The normalized spacial score (nSPS) is 15.2. The Morgan fingerprint density at radius 3 is 2.90 bits per heavy atom. The standard InChI is InChI=1S/C15H17N5O/c1-8(2)20-11-5-6-17-15(16)13(11)14(18-20)10-7-12(21-19-10)9-3-4-9/h5-9H,3-4H2,1-2H3,(H2,16,17). The number of hydrogen-bond acceptors (Lipinski definition) is 5. The Bertz CT molecular complexity index is 813. The Morgan fingerprint density at radius 2 is 2.19 bits per heavy atom. The van der Waals surface area contributed by atoms with Crippen LogP contribution in [0.2, 0.25) is 0 Å². The van der Waals surface area contributed by atoms with Gasteiger partial charge in [0.1, 0.15) is 23.0 Å². The summed E-state index contributed by atoms with van der Waals surface area (Å²) >= 11 is 0. The SMILES string of the molecule is CC(C)n1nc(-c2cc(C3CC3)on2)c2c(N)nccc21. The minimum absolute atomic E-state index is 0.234. The highest BCUT2D eigenvalue weighted by Crippen LogP contribution is 2.42. The molecule has 1 aliphatic carbocycles. The van der Waals surface area contributed by atoms with Crippen molar-refractivity contribution in [2.75, 3.05) is 5.73 Å². The van der Waals surface area contributed by atoms with Crippen molar-refractivity contribution in [3.8, 4) is 11.4 Å². The van der Waals surface area contributed by atoms with Crippen LogP contribution < -0.4 is 5.73 Å². The lowest BCUT2D eigenvalue weighted by molar-refractivity contribution is 0.386. The van der Waals surface area contributed by atoms with E-state index in [-0.39, 0.29) is 6.04 Å². The van der Waals surface area contributed by atoms with Crippen molar-refractivity contribution in [2.45, 2.75) is 38.6 Å². The second-order valence-corrected chi connectivity index (χ2v) is 5.87. The summed E-state index contributed by atoms with van der Waals surface area (Å²) < 4.78 is 7.39. The lowest BCUT2D eigenvalue weighted by Crippen LogP contribution is -2.02. The fraction of sp³-hybridized carbons (Fsp3) is 0.400. The average Bonchev–Trinajstić information content (AvgIpc) is 3.05. The summed E-state index contributed by atoms with van der Waals surface area (Å²) in [4.78, 5) is 4.19. The number of pyridine rings is 1. The second kappa shape index (κ2) is 4.31. The molecule has 2 N–H and O–H groups in total. The van der Waals surface area contributed by atoms with Gasteiger partial charge in [-0.15, -0.1) is 0 Å². The predicted molar refractivity (Wildman–Crippen MR) is 79.8 cm³/mol. The lowest BCUT2D eigenvalue weighted by atomic mass is 10.1. The number of nitrogens with zero attached hydrogens (tertiary/aromatic N) is 4. The van der Waals surface area contributed by atoms with Crippen molar-refractivity contribution in [2.24, 2.45) is 0 Å². The van der Waals surface area contributed by atoms with Gasteiger partial charge in [-0.1, -0.05) is 5.16 Å². The van der Waals surface area contributed by atoms with Crippen LogP contribution in [-0.2, 0) is 0 Å². The topological polar surface area (TPSA) is 82.8 Å². The van der Waals surface area contributed by atoms with Gasteiger partial charge in [0.05, 0.1) is 10.9 Å². The highest BCUT2D eigenvalue weighted by molar-refractivity contribution is 5.99. The molecule has 3 heterocycles. The summed E-state index contributed by atoms with van der Waals surface area (Å²) in [5, 5.41) is 9.71. The third kappa shape index (κ3) is 1.90. The van der Waals surface area contributed by atoms with Crippen LogP contribution in [0.25, 0.3) is 22.3 Å². The van der Waals surface area contributed by atoms with E-state index in [0.29, 0.717) is 11.7 Å². The Labute approximate surface area is 121 Å². The van der Waals surface area contributed by atoms with Gasteiger partial charge in [-0.25, -0.2) is 4.98 Å². The summed E-state index contributed by atoms with van der Waals surface area (Å²) in [5.74, 6) is 1.95. The molecule has 3 aromatic rings. The fourth-order valence-corrected chi connectivity index (χ4v) is 2.65. The Morgan fingerprint density at radius 1 is 1.38 bits per heavy atom. The highest BCUT2D eigenvalue weighted by Gasteiger charge is 2.29. The van der Waals surface area contributed by atoms with Gasteiger partial charge in [0.25, 0.3) is 0 Å². The molecular formula is C15H17N5O. The molecule has 0 aromatic carbocycles. The molecule has 1 aliphatic rings. The molecule has 4 rings (SSSR count). The monoisotopic (exact) mass is 283 g/mol. The molecule has 21 heavy (non-hydrogen) atoms. The van der Waals surface area contributed by atoms with E-state index < -0.39 is 0 Å². The zero-order valence-electron chi connectivity index (χ0n) is 12.1. The Balaban J connectivity index is 1.94. The molecule has 0 unspecified atom stereocenters. The molecule has 1 saturated carbocycles. The third-order valence-corrected chi connectivity index (χ3v) is 3.89. The van der Waals surface area contributed by atoms with Gasteiger partial charge in [0.2, 0.25) is 0 Å². The molecule has 0 atom stereocenters. The number of aromatic nitrogens is 4. The average molecular weight is 283 g/mol. The van der Waals surface area contributed by atoms with E-state index >= 15 is 0 Å². The maximum Gasteiger partial charge on any atom is 0.140 e. The van der Waals surface area contributed by atoms with E-state index in [1.54, 1.807) is 6.20 Å². The van der Waals surface area contributed by atoms with Gasteiger partial charge in [-0.2, -0.15) is 5.10 Å². The maximum atomic E-state index is 6.06. The van der Waals surface area contributed by atoms with Gasteiger partial charge in [-0.05, 0) is 32.8 Å². The number of rotatable bonds is 3. The molecule has 108 valence electrons. The fourth-order valence-electron chi connectivity index (χ4n) is 2.65. The second-order valence-electron chi connectivity index (χ2n) is 5.87. The first-order valence-corrected chi connectivity index (χ1v) is 7.25. The highest BCUT2D eigenvalue weighted by atomic mass is 16.5. The lowest BCUT2D eigenvalue weighted by Gasteiger charge is -2.06. The van der Waals surface area contributed by atoms with E-state index in [1.165, 1.54) is 12.8 Å². The zero-order chi connectivity index (χ0) is 14.6. The minimum atomic E-state index is 0.234. The van der Waals surface area contributed by atoms with Crippen LogP contribution in [0.3, 0.4) is 0 Å². The smallest absolute Gasteiger partial charge is 0.140 e. The molecule has 1 fully saturated rings. The van der Waals surface area contributed by atoms with E-state index in [4.69, 9.17) is 10.3 Å². The van der Waals surface area contributed by atoms with Gasteiger partial charge >= 0.3 is 0 Å². The van der Waals surface area contributed by atoms with E-state index in [0.717, 1.165) is 28.1 Å². The molecule has 0 spiro atoms. The maximum absolute atomic E-state index is 6.06. The van der Waals surface area contributed by atoms with Crippen LogP contribution in [0.5, 0.6) is 0 Å². The molecule has 0 amide bonds. The first-order valence-electron chi connectivity index (χ1n) is 7.25. The van der Waals surface area contributed by atoms with Gasteiger partial charge in [0, 0.05) is 24.2 Å². The van der Waals surface area contributed by atoms with Crippen LogP contribution in [0.15, 0.2) is 22.9 Å². The van der Waals surface area contributed by atoms with Crippen LogP contribution in [-0.4, -0.2) is 19.9 Å². The first kappa shape index (κ1) is 12.4. The van der Waals surface area contributed by atoms with Crippen molar-refractivity contribution in [1.82, 2.24) is 19.9 Å². The Kier molecular flexibility index (Phi) is 2.54. The van der Waals surface area contributed by atoms with Crippen molar-refractivity contribution in [3.05, 3.63) is 24.1 Å². The summed E-state index contributed by atoms with van der Waals surface area (Å²) in [6.07, 6.45) is 4.07.